The molecule has 0 saturated heterocycles. The van der Waals surface area contributed by atoms with Crippen molar-refractivity contribution in [3.05, 3.63) is 52.4 Å². The molecule has 0 N–H and O–H groups in total. The summed E-state index contributed by atoms with van der Waals surface area (Å²) in [5, 5.41) is 3.37. The summed E-state index contributed by atoms with van der Waals surface area (Å²) in [6.07, 6.45) is 3.61. The molecule has 7 nitrogen and oxygen atoms in total. The number of benzene rings is 1. The molecule has 1 heterocycles. The summed E-state index contributed by atoms with van der Waals surface area (Å²) in [6, 6.07) is 6.73. The molecule has 0 saturated carbocycles. The molecule has 0 unspecified atom stereocenters. The van der Waals surface area contributed by atoms with E-state index in [4.69, 9.17) is 5.53 Å². The number of carbonyl (C=O) groups is 3. The van der Waals surface area contributed by atoms with Crippen molar-refractivity contribution >= 4 is 23.3 Å². The number of nitrogens with zero attached hydrogens (tertiary/aromatic N) is 4. The number of imide groups is 1. The van der Waals surface area contributed by atoms with Crippen molar-refractivity contribution < 1.29 is 14.4 Å². The SMILES string of the molecule is [N-]=[N+]=NCCCC(=O)Cc1ccc(N2C(=O)C=CC2=O)cc1. The van der Waals surface area contributed by atoms with Gasteiger partial charge in [0.1, 0.15) is 5.78 Å². The zero-order valence-electron chi connectivity index (χ0n) is 11.8. The summed E-state index contributed by atoms with van der Waals surface area (Å²) < 4.78 is 0. The first-order chi connectivity index (χ1) is 10.6. The van der Waals surface area contributed by atoms with E-state index in [0.29, 0.717) is 25.1 Å². The van der Waals surface area contributed by atoms with E-state index in [0.717, 1.165) is 10.5 Å². The average Bonchev–Trinajstić information content (AvgIpc) is 2.84. The summed E-state index contributed by atoms with van der Waals surface area (Å²) in [7, 11) is 0. The molecule has 0 atom stereocenters. The van der Waals surface area contributed by atoms with Gasteiger partial charge in [0.25, 0.3) is 11.8 Å². The topological polar surface area (TPSA) is 103 Å². The molecule has 0 bridgehead atoms. The van der Waals surface area contributed by atoms with Crippen LogP contribution in [0.4, 0.5) is 5.69 Å². The smallest absolute Gasteiger partial charge is 0.258 e. The van der Waals surface area contributed by atoms with Gasteiger partial charge in [-0.2, -0.15) is 0 Å². The minimum Gasteiger partial charge on any atom is -0.299 e. The van der Waals surface area contributed by atoms with Gasteiger partial charge in [-0.15, -0.1) is 0 Å². The average molecular weight is 298 g/mol. The van der Waals surface area contributed by atoms with Crippen molar-refractivity contribution in [1.82, 2.24) is 0 Å². The highest BCUT2D eigenvalue weighted by molar-refractivity contribution is 6.28. The van der Waals surface area contributed by atoms with Crippen LogP contribution in [0.25, 0.3) is 10.4 Å². The maximum Gasteiger partial charge on any atom is 0.258 e. The Morgan fingerprint density at radius 1 is 1.14 bits per heavy atom. The van der Waals surface area contributed by atoms with Gasteiger partial charge in [0.05, 0.1) is 5.69 Å². The van der Waals surface area contributed by atoms with Crippen molar-refractivity contribution in [3.63, 3.8) is 0 Å². The standard InChI is InChI=1S/C15H14N4O3/c16-18-17-9-1-2-13(20)10-11-3-5-12(6-4-11)19-14(21)7-8-15(19)22/h3-8H,1-2,9-10H2. The zero-order valence-corrected chi connectivity index (χ0v) is 11.8. The molecule has 0 fully saturated rings. The van der Waals surface area contributed by atoms with E-state index in [2.05, 4.69) is 10.0 Å². The van der Waals surface area contributed by atoms with Gasteiger partial charge in [-0.3, -0.25) is 14.4 Å². The van der Waals surface area contributed by atoms with E-state index < -0.39 is 0 Å². The van der Waals surface area contributed by atoms with E-state index in [1.807, 2.05) is 0 Å². The highest BCUT2D eigenvalue weighted by atomic mass is 16.2. The molecule has 112 valence electrons. The number of rotatable bonds is 7. The Balaban J connectivity index is 1.92. The van der Waals surface area contributed by atoms with Gasteiger partial charge in [-0.05, 0) is 29.6 Å². The molecule has 22 heavy (non-hydrogen) atoms. The number of anilines is 1. The van der Waals surface area contributed by atoms with Crippen molar-refractivity contribution in [2.24, 2.45) is 5.11 Å². The zero-order chi connectivity index (χ0) is 15.9. The molecule has 0 spiro atoms. The molecule has 7 heteroatoms. The van der Waals surface area contributed by atoms with Crippen LogP contribution in [0.5, 0.6) is 0 Å². The molecule has 1 aliphatic heterocycles. The molecule has 2 rings (SSSR count). The van der Waals surface area contributed by atoms with E-state index in [-0.39, 0.29) is 24.0 Å². The minimum absolute atomic E-state index is 0.0517. The molecule has 1 aromatic carbocycles. The first-order valence-corrected chi connectivity index (χ1v) is 6.79. The predicted molar refractivity (Wildman–Crippen MR) is 80.0 cm³/mol. The van der Waals surface area contributed by atoms with Crippen LogP contribution < -0.4 is 4.90 Å². The van der Waals surface area contributed by atoms with Crippen LogP contribution in [0, 0.1) is 0 Å². The predicted octanol–water partition coefficient (Wildman–Crippen LogP) is 2.32. The lowest BCUT2D eigenvalue weighted by Gasteiger charge is -2.14. The van der Waals surface area contributed by atoms with Crippen LogP contribution in [-0.2, 0) is 20.8 Å². The Hall–Kier alpha value is -2.92. The Kier molecular flexibility index (Phi) is 5.06. The molecule has 1 aromatic rings. The maximum absolute atomic E-state index is 11.8. The van der Waals surface area contributed by atoms with E-state index in [9.17, 15) is 14.4 Å². The van der Waals surface area contributed by atoms with Crippen LogP contribution in [0.15, 0.2) is 41.5 Å². The van der Waals surface area contributed by atoms with Gasteiger partial charge in [0.15, 0.2) is 0 Å². The highest BCUT2D eigenvalue weighted by Crippen LogP contribution is 2.19. The van der Waals surface area contributed by atoms with Gasteiger partial charge < -0.3 is 0 Å². The molecule has 2 amide bonds. The lowest BCUT2D eigenvalue weighted by Crippen LogP contribution is -2.29. The quantitative estimate of drug-likeness (QED) is 0.253. The summed E-state index contributed by atoms with van der Waals surface area (Å²) in [4.78, 5) is 38.6. The Bertz CT molecular complexity index is 655. The van der Waals surface area contributed by atoms with Crippen LogP contribution in [0.3, 0.4) is 0 Å². The normalized spacial score (nSPS) is 13.4. The number of hydrogen-bond donors (Lipinski definition) is 0. The maximum atomic E-state index is 11.8. The first kappa shape index (κ1) is 15.5. The summed E-state index contributed by atoms with van der Waals surface area (Å²) in [6.45, 7) is 0.313. The Morgan fingerprint density at radius 2 is 1.77 bits per heavy atom. The Labute approximate surface area is 126 Å². The van der Waals surface area contributed by atoms with E-state index in [1.54, 1.807) is 24.3 Å². The second kappa shape index (κ2) is 7.19. The lowest BCUT2D eigenvalue weighted by atomic mass is 10.1. The minimum atomic E-state index is -0.369. The third-order valence-electron chi connectivity index (χ3n) is 3.18. The summed E-state index contributed by atoms with van der Waals surface area (Å²) in [5.41, 5.74) is 9.43. The second-order valence-corrected chi connectivity index (χ2v) is 4.79. The van der Waals surface area contributed by atoms with Crippen LogP contribution in [0.1, 0.15) is 18.4 Å². The first-order valence-electron chi connectivity index (χ1n) is 6.79. The van der Waals surface area contributed by atoms with Crippen molar-refractivity contribution in [2.75, 3.05) is 11.4 Å². The van der Waals surface area contributed by atoms with Crippen LogP contribution in [-0.4, -0.2) is 24.1 Å². The fraction of sp³-hybridized carbons (Fsp3) is 0.267. The number of amides is 2. The second-order valence-electron chi connectivity index (χ2n) is 4.79. The number of Topliss-reactive ketones (excluding diaryl/α,β-unsaturated/α-hetero) is 1. The monoisotopic (exact) mass is 298 g/mol. The lowest BCUT2D eigenvalue weighted by molar-refractivity contribution is -0.120. The third kappa shape index (κ3) is 3.80. The molecule has 0 radical (unpaired) electrons. The summed E-state index contributed by atoms with van der Waals surface area (Å²) in [5.74, 6) is -0.686. The largest absolute Gasteiger partial charge is 0.299 e. The van der Waals surface area contributed by atoms with Gasteiger partial charge in [-0.1, -0.05) is 17.2 Å². The Morgan fingerprint density at radius 3 is 2.36 bits per heavy atom. The molecule has 0 aromatic heterocycles. The van der Waals surface area contributed by atoms with Gasteiger partial charge in [-0.25, -0.2) is 4.90 Å². The summed E-state index contributed by atoms with van der Waals surface area (Å²) >= 11 is 0. The number of carbonyl (C=O) groups excluding carboxylic acids is 3. The van der Waals surface area contributed by atoms with Gasteiger partial charge in [0.2, 0.25) is 0 Å². The van der Waals surface area contributed by atoms with Gasteiger partial charge in [0, 0.05) is 36.5 Å². The van der Waals surface area contributed by atoms with E-state index in [1.165, 1.54) is 12.2 Å². The van der Waals surface area contributed by atoms with Crippen molar-refractivity contribution in [2.45, 2.75) is 19.3 Å². The molecular formula is C15H14N4O3. The number of azide groups is 1. The van der Waals surface area contributed by atoms with Gasteiger partial charge >= 0.3 is 0 Å². The third-order valence-corrected chi connectivity index (χ3v) is 3.18. The molecular weight excluding hydrogens is 284 g/mol. The van der Waals surface area contributed by atoms with E-state index >= 15 is 0 Å². The molecule has 1 aliphatic rings. The van der Waals surface area contributed by atoms with Crippen LogP contribution in [0.2, 0.25) is 0 Å². The molecule has 0 aliphatic carbocycles. The van der Waals surface area contributed by atoms with Crippen LogP contribution >= 0.6 is 0 Å². The van der Waals surface area contributed by atoms with Crippen molar-refractivity contribution in [1.29, 1.82) is 0 Å². The number of hydrogen-bond acceptors (Lipinski definition) is 4. The van der Waals surface area contributed by atoms with Crippen molar-refractivity contribution in [3.8, 4) is 0 Å². The highest BCUT2D eigenvalue weighted by Gasteiger charge is 2.24. The number of ketones is 1. The fourth-order valence-corrected chi connectivity index (χ4v) is 2.13. The fourth-order valence-electron chi connectivity index (χ4n) is 2.13.